The third-order valence-corrected chi connectivity index (χ3v) is 5.28. The zero-order valence-electron chi connectivity index (χ0n) is 19.0. The number of pyridine rings is 1. The number of ether oxygens (including phenoxy) is 1. The fourth-order valence-corrected chi connectivity index (χ4v) is 3.74. The van der Waals surface area contributed by atoms with Crippen LogP contribution in [0.2, 0.25) is 0 Å². The quantitative estimate of drug-likeness (QED) is 0.406. The van der Waals surface area contributed by atoms with Crippen LogP contribution in [0.1, 0.15) is 49.5 Å². The van der Waals surface area contributed by atoms with Gasteiger partial charge in [-0.1, -0.05) is 62.4 Å². The fourth-order valence-electron chi connectivity index (χ4n) is 3.74. The number of aromatic nitrogens is 1. The Morgan fingerprint density at radius 3 is 2.34 bits per heavy atom. The van der Waals surface area contributed by atoms with Gasteiger partial charge >= 0.3 is 5.97 Å². The molecule has 0 atom stereocenters. The van der Waals surface area contributed by atoms with E-state index in [2.05, 4.69) is 6.92 Å². The largest absolute Gasteiger partial charge is 0.462 e. The summed E-state index contributed by atoms with van der Waals surface area (Å²) < 4.78 is 5.24. The number of amides is 1. The molecule has 0 spiro atoms. The summed E-state index contributed by atoms with van der Waals surface area (Å²) in [6, 6.07) is 19.4. The van der Waals surface area contributed by atoms with Crippen LogP contribution in [-0.4, -0.2) is 34.9 Å². The van der Waals surface area contributed by atoms with E-state index in [1.54, 1.807) is 13.0 Å². The Hall–Kier alpha value is -3.47. The van der Waals surface area contributed by atoms with Gasteiger partial charge in [-0.3, -0.25) is 9.78 Å². The third-order valence-electron chi connectivity index (χ3n) is 5.28. The molecule has 1 aromatic heterocycles. The van der Waals surface area contributed by atoms with Crippen molar-refractivity contribution in [2.24, 2.45) is 0 Å². The molecular formula is C27H30N2O3. The van der Waals surface area contributed by atoms with Crippen LogP contribution in [0.5, 0.6) is 0 Å². The van der Waals surface area contributed by atoms with Gasteiger partial charge in [0.2, 0.25) is 5.91 Å². The Morgan fingerprint density at radius 2 is 1.66 bits per heavy atom. The fraction of sp³-hybridized carbons (Fsp3) is 0.296. The van der Waals surface area contributed by atoms with E-state index < -0.39 is 0 Å². The van der Waals surface area contributed by atoms with Gasteiger partial charge < -0.3 is 9.64 Å². The number of hydrogen-bond donors (Lipinski definition) is 0. The van der Waals surface area contributed by atoms with Crippen LogP contribution >= 0.6 is 0 Å². The van der Waals surface area contributed by atoms with Gasteiger partial charge in [-0.25, -0.2) is 4.79 Å². The van der Waals surface area contributed by atoms with Crippen LogP contribution < -0.4 is 0 Å². The number of rotatable bonds is 9. The summed E-state index contributed by atoms with van der Waals surface area (Å²) in [6.07, 6.45) is 3.18. The average molecular weight is 431 g/mol. The number of benzene rings is 2. The number of carbonyl (C=O) groups is 2. The Bertz CT molecular complexity index is 1060. The molecule has 3 rings (SSSR count). The van der Waals surface area contributed by atoms with Crippen molar-refractivity contribution in [3.63, 3.8) is 0 Å². The van der Waals surface area contributed by atoms with Crippen molar-refractivity contribution in [2.75, 3.05) is 13.2 Å². The summed E-state index contributed by atoms with van der Waals surface area (Å²) in [5.74, 6) is -0.247. The van der Waals surface area contributed by atoms with Crippen molar-refractivity contribution < 1.29 is 14.3 Å². The molecule has 1 heterocycles. The Morgan fingerprint density at radius 1 is 0.938 bits per heavy atom. The second kappa shape index (κ2) is 11.2. The topological polar surface area (TPSA) is 59.5 Å². The van der Waals surface area contributed by atoms with Gasteiger partial charge in [0.05, 0.1) is 17.9 Å². The first-order valence-electron chi connectivity index (χ1n) is 11.2. The Balaban J connectivity index is 2.11. The van der Waals surface area contributed by atoms with Crippen molar-refractivity contribution >= 4 is 11.9 Å². The van der Waals surface area contributed by atoms with E-state index in [1.165, 1.54) is 0 Å². The molecule has 166 valence electrons. The summed E-state index contributed by atoms with van der Waals surface area (Å²) >= 11 is 0. The second-order valence-electron chi connectivity index (χ2n) is 7.53. The average Bonchev–Trinajstić information content (AvgIpc) is 2.84. The Kier molecular flexibility index (Phi) is 8.14. The first-order chi connectivity index (χ1) is 15.6. The number of hydrogen-bond acceptors (Lipinski definition) is 4. The summed E-state index contributed by atoms with van der Waals surface area (Å²) in [6.45, 7) is 7.24. The number of esters is 1. The minimum atomic E-state index is -0.368. The monoisotopic (exact) mass is 430 g/mol. The van der Waals surface area contributed by atoms with Crippen molar-refractivity contribution in [2.45, 2.75) is 40.2 Å². The summed E-state index contributed by atoms with van der Waals surface area (Å²) in [5, 5.41) is 0. The molecule has 0 radical (unpaired) electrons. The molecule has 1 amide bonds. The molecule has 0 fully saturated rings. The molecule has 0 aliphatic carbocycles. The molecule has 5 heteroatoms. The molecule has 0 aliphatic rings. The lowest BCUT2D eigenvalue weighted by Gasteiger charge is -2.24. The van der Waals surface area contributed by atoms with Gasteiger partial charge in [0.15, 0.2) is 0 Å². The predicted molar refractivity (Wildman–Crippen MR) is 127 cm³/mol. The Labute approximate surface area is 190 Å². The lowest BCUT2D eigenvalue weighted by Crippen LogP contribution is -2.30. The van der Waals surface area contributed by atoms with E-state index >= 15 is 0 Å². The molecule has 0 unspecified atom stereocenters. The number of carbonyl (C=O) groups excluding carboxylic acids is 2. The third kappa shape index (κ3) is 5.41. The highest BCUT2D eigenvalue weighted by Crippen LogP contribution is 2.30. The smallest absolute Gasteiger partial charge is 0.338 e. The van der Waals surface area contributed by atoms with Gasteiger partial charge in [0, 0.05) is 36.8 Å². The predicted octanol–water partition coefficient (Wildman–Crippen LogP) is 5.74. The van der Waals surface area contributed by atoms with Crippen LogP contribution in [0.25, 0.3) is 22.4 Å². The van der Waals surface area contributed by atoms with Crippen LogP contribution in [0.3, 0.4) is 0 Å². The van der Waals surface area contributed by atoms with Crippen molar-refractivity contribution in [3.8, 4) is 22.4 Å². The van der Waals surface area contributed by atoms with Crippen LogP contribution in [0.4, 0.5) is 0 Å². The standard InChI is InChI=1S/C27H30N2O3/c1-4-16-29(26(30)5-2)19-21-17-25(28-18-24(21)20-12-8-7-9-13-20)22-14-10-11-15-23(22)27(31)32-6-3/h7-15,17-18H,4-6,16,19H2,1-3H3. The molecule has 5 nitrogen and oxygen atoms in total. The van der Waals surface area contributed by atoms with Crippen molar-refractivity contribution in [1.29, 1.82) is 0 Å². The van der Waals surface area contributed by atoms with Gasteiger partial charge in [-0.2, -0.15) is 0 Å². The van der Waals surface area contributed by atoms with Gasteiger partial charge in [0.1, 0.15) is 0 Å². The molecule has 0 N–H and O–H groups in total. The van der Waals surface area contributed by atoms with Gasteiger partial charge in [-0.15, -0.1) is 0 Å². The minimum Gasteiger partial charge on any atom is -0.462 e. The van der Waals surface area contributed by atoms with Crippen LogP contribution in [0.15, 0.2) is 66.9 Å². The molecule has 2 aromatic carbocycles. The lowest BCUT2D eigenvalue weighted by atomic mass is 9.97. The molecule has 32 heavy (non-hydrogen) atoms. The van der Waals surface area contributed by atoms with Crippen molar-refractivity contribution in [1.82, 2.24) is 9.88 Å². The molecule has 3 aromatic rings. The summed E-state index contributed by atoms with van der Waals surface area (Å²) in [5.41, 5.74) is 4.90. The highest BCUT2D eigenvalue weighted by molar-refractivity contribution is 5.97. The van der Waals surface area contributed by atoms with Crippen LogP contribution in [0, 0.1) is 0 Å². The van der Waals surface area contributed by atoms with E-state index in [0.29, 0.717) is 37.4 Å². The SMILES string of the molecule is CCCN(Cc1cc(-c2ccccc2C(=O)OCC)ncc1-c1ccccc1)C(=O)CC. The van der Waals surface area contributed by atoms with Crippen molar-refractivity contribution in [3.05, 3.63) is 78.0 Å². The van der Waals surface area contributed by atoms with E-state index in [-0.39, 0.29) is 11.9 Å². The number of nitrogens with zero attached hydrogens (tertiary/aromatic N) is 2. The van der Waals surface area contributed by atoms with Crippen LogP contribution in [-0.2, 0) is 16.1 Å². The minimum absolute atomic E-state index is 0.121. The maximum Gasteiger partial charge on any atom is 0.338 e. The highest BCUT2D eigenvalue weighted by atomic mass is 16.5. The summed E-state index contributed by atoms with van der Waals surface area (Å²) in [7, 11) is 0. The van der Waals surface area contributed by atoms with E-state index in [4.69, 9.17) is 9.72 Å². The first-order valence-corrected chi connectivity index (χ1v) is 11.2. The van der Waals surface area contributed by atoms with Gasteiger partial charge in [0.25, 0.3) is 0 Å². The lowest BCUT2D eigenvalue weighted by molar-refractivity contribution is -0.131. The second-order valence-corrected chi connectivity index (χ2v) is 7.53. The zero-order valence-corrected chi connectivity index (χ0v) is 19.0. The van der Waals surface area contributed by atoms with E-state index in [0.717, 1.165) is 28.7 Å². The normalized spacial score (nSPS) is 10.6. The summed E-state index contributed by atoms with van der Waals surface area (Å²) in [4.78, 5) is 31.7. The first kappa shape index (κ1) is 23.2. The van der Waals surface area contributed by atoms with Gasteiger partial charge in [-0.05, 0) is 36.6 Å². The molecule has 0 aliphatic heterocycles. The highest BCUT2D eigenvalue weighted by Gasteiger charge is 2.18. The molecular weight excluding hydrogens is 400 g/mol. The van der Waals surface area contributed by atoms with E-state index in [9.17, 15) is 9.59 Å². The zero-order chi connectivity index (χ0) is 22.9. The maximum absolute atomic E-state index is 12.6. The molecule has 0 saturated carbocycles. The van der Waals surface area contributed by atoms with E-state index in [1.807, 2.05) is 72.6 Å². The molecule has 0 saturated heterocycles. The maximum atomic E-state index is 12.6. The molecule has 0 bridgehead atoms.